The molecule has 0 aliphatic carbocycles. The number of benzene rings is 1. The minimum Gasteiger partial charge on any atom is -0.356 e. The molecule has 0 bridgehead atoms. The number of halogens is 2. The molecule has 0 spiro atoms. The van der Waals surface area contributed by atoms with E-state index in [0.717, 1.165) is 43.4 Å². The normalized spacial score (nSPS) is 13.7. The molecule has 1 aromatic heterocycles. The standard InChI is InChI=1S/C15H18FN5.HI/c1-20-11-9-18-15(20)17-8-6-13-7-10-21(19-13)14-4-2-12(16)3-5-14;/h2-5,7,10H,6,8-9,11H2,1H3,(H,17,18);1H. The molecule has 0 fully saturated rings. The Morgan fingerprint density at radius 2 is 2.00 bits per heavy atom. The van der Waals surface area contributed by atoms with Gasteiger partial charge in [0.15, 0.2) is 5.96 Å². The second-order valence-electron chi connectivity index (χ2n) is 5.03. The van der Waals surface area contributed by atoms with E-state index in [1.807, 2.05) is 19.3 Å². The minimum absolute atomic E-state index is 0. The molecule has 0 saturated heterocycles. The van der Waals surface area contributed by atoms with Gasteiger partial charge in [-0.2, -0.15) is 5.10 Å². The zero-order chi connectivity index (χ0) is 14.7. The summed E-state index contributed by atoms with van der Waals surface area (Å²) < 4.78 is 14.7. The summed E-state index contributed by atoms with van der Waals surface area (Å²) in [5.74, 6) is 0.713. The lowest BCUT2D eigenvalue weighted by molar-refractivity contribution is 0.534. The Labute approximate surface area is 146 Å². The number of nitrogens with zero attached hydrogens (tertiary/aromatic N) is 4. The van der Waals surface area contributed by atoms with E-state index in [9.17, 15) is 4.39 Å². The van der Waals surface area contributed by atoms with Crippen molar-refractivity contribution >= 4 is 29.9 Å². The number of hydrogen-bond acceptors (Lipinski definition) is 4. The van der Waals surface area contributed by atoms with Crippen molar-refractivity contribution in [2.24, 2.45) is 4.99 Å². The van der Waals surface area contributed by atoms with E-state index >= 15 is 0 Å². The van der Waals surface area contributed by atoms with Gasteiger partial charge in [0.1, 0.15) is 5.82 Å². The highest BCUT2D eigenvalue weighted by molar-refractivity contribution is 14.0. The molecular weight excluding hydrogens is 396 g/mol. The summed E-state index contributed by atoms with van der Waals surface area (Å²) in [6.07, 6.45) is 2.71. The summed E-state index contributed by atoms with van der Waals surface area (Å²) in [6.45, 7) is 2.63. The molecular formula is C15H19FIN5. The van der Waals surface area contributed by atoms with Crippen LogP contribution in [-0.4, -0.2) is 47.3 Å². The first kappa shape index (κ1) is 16.7. The Bertz CT molecular complexity index is 638. The Morgan fingerprint density at radius 3 is 2.68 bits per heavy atom. The summed E-state index contributed by atoms with van der Waals surface area (Å²) in [5, 5.41) is 7.81. The zero-order valence-electron chi connectivity index (χ0n) is 12.4. The number of guanidine groups is 1. The molecule has 5 nitrogen and oxygen atoms in total. The van der Waals surface area contributed by atoms with Crippen molar-refractivity contribution in [2.75, 3.05) is 26.7 Å². The van der Waals surface area contributed by atoms with E-state index in [2.05, 4.69) is 20.3 Å². The molecule has 1 aromatic carbocycles. The number of likely N-dealkylation sites (N-methyl/N-ethyl adjacent to an activating group) is 1. The Kier molecular flexibility index (Phi) is 5.76. The lowest BCUT2D eigenvalue weighted by atomic mass is 10.3. The van der Waals surface area contributed by atoms with E-state index in [-0.39, 0.29) is 29.8 Å². The van der Waals surface area contributed by atoms with E-state index in [1.54, 1.807) is 16.8 Å². The minimum atomic E-state index is -0.239. The van der Waals surface area contributed by atoms with Crippen LogP contribution in [0.4, 0.5) is 4.39 Å². The molecule has 2 heterocycles. The van der Waals surface area contributed by atoms with Crippen molar-refractivity contribution in [1.29, 1.82) is 0 Å². The third-order valence-electron chi connectivity index (χ3n) is 3.46. The number of hydrogen-bond donors (Lipinski definition) is 1. The predicted molar refractivity (Wildman–Crippen MR) is 95.6 cm³/mol. The highest BCUT2D eigenvalue weighted by Crippen LogP contribution is 2.09. The summed E-state index contributed by atoms with van der Waals surface area (Å²) in [7, 11) is 2.03. The van der Waals surface area contributed by atoms with Gasteiger partial charge in [-0.25, -0.2) is 9.07 Å². The van der Waals surface area contributed by atoms with Gasteiger partial charge in [0.05, 0.1) is 17.9 Å². The first-order chi connectivity index (χ1) is 10.2. The second-order valence-corrected chi connectivity index (χ2v) is 5.03. The quantitative estimate of drug-likeness (QED) is 0.778. The molecule has 0 saturated carbocycles. The molecule has 118 valence electrons. The van der Waals surface area contributed by atoms with Crippen molar-refractivity contribution in [3.8, 4) is 5.69 Å². The summed E-state index contributed by atoms with van der Waals surface area (Å²) in [4.78, 5) is 6.49. The molecule has 3 rings (SSSR count). The third kappa shape index (κ3) is 3.96. The average Bonchev–Trinajstić information content (AvgIpc) is 3.10. The van der Waals surface area contributed by atoms with Gasteiger partial charge in [0.2, 0.25) is 0 Å². The molecule has 22 heavy (non-hydrogen) atoms. The van der Waals surface area contributed by atoms with Gasteiger partial charge in [-0.15, -0.1) is 24.0 Å². The number of nitrogens with one attached hydrogen (secondary N) is 1. The van der Waals surface area contributed by atoms with Crippen molar-refractivity contribution < 1.29 is 4.39 Å². The fourth-order valence-corrected chi connectivity index (χ4v) is 2.26. The van der Waals surface area contributed by atoms with Crippen LogP contribution in [-0.2, 0) is 6.42 Å². The molecule has 2 aromatic rings. The van der Waals surface area contributed by atoms with Crippen LogP contribution in [0, 0.1) is 5.82 Å². The maximum atomic E-state index is 12.9. The molecule has 0 radical (unpaired) electrons. The van der Waals surface area contributed by atoms with Crippen LogP contribution in [0.15, 0.2) is 41.5 Å². The maximum absolute atomic E-state index is 12.9. The van der Waals surface area contributed by atoms with Crippen molar-refractivity contribution in [3.05, 3.63) is 48.0 Å². The first-order valence-electron chi connectivity index (χ1n) is 7.02. The fraction of sp³-hybridized carbons (Fsp3) is 0.333. The van der Waals surface area contributed by atoms with E-state index in [0.29, 0.717) is 0 Å². The van der Waals surface area contributed by atoms with E-state index < -0.39 is 0 Å². The highest BCUT2D eigenvalue weighted by Gasteiger charge is 2.11. The molecule has 1 aliphatic heterocycles. The predicted octanol–water partition coefficient (Wildman–Crippen LogP) is 2.06. The van der Waals surface area contributed by atoms with Gasteiger partial charge in [0, 0.05) is 32.8 Å². The number of aromatic nitrogens is 2. The summed E-state index contributed by atoms with van der Waals surface area (Å²) in [6, 6.07) is 8.28. The van der Waals surface area contributed by atoms with Crippen molar-refractivity contribution in [1.82, 2.24) is 20.0 Å². The summed E-state index contributed by atoms with van der Waals surface area (Å²) >= 11 is 0. The number of rotatable bonds is 4. The molecule has 7 heteroatoms. The van der Waals surface area contributed by atoms with Crippen LogP contribution >= 0.6 is 24.0 Å². The van der Waals surface area contributed by atoms with Crippen LogP contribution in [0.5, 0.6) is 0 Å². The SMILES string of the molecule is CN1CCN=C1NCCc1ccn(-c2ccc(F)cc2)n1.I. The van der Waals surface area contributed by atoms with Crippen molar-refractivity contribution in [3.63, 3.8) is 0 Å². The molecule has 0 amide bonds. The smallest absolute Gasteiger partial charge is 0.193 e. The van der Waals surface area contributed by atoms with Gasteiger partial charge >= 0.3 is 0 Å². The largest absolute Gasteiger partial charge is 0.356 e. The van der Waals surface area contributed by atoms with Gasteiger partial charge in [-0.05, 0) is 30.3 Å². The summed E-state index contributed by atoms with van der Waals surface area (Å²) in [5.41, 5.74) is 1.85. The lowest BCUT2D eigenvalue weighted by Gasteiger charge is -2.14. The van der Waals surface area contributed by atoms with Gasteiger partial charge in [-0.3, -0.25) is 4.99 Å². The van der Waals surface area contributed by atoms with Crippen molar-refractivity contribution in [2.45, 2.75) is 6.42 Å². The van der Waals surface area contributed by atoms with Crippen LogP contribution in [0.1, 0.15) is 5.69 Å². The topological polar surface area (TPSA) is 45.5 Å². The Hall–Kier alpha value is -1.64. The first-order valence-corrected chi connectivity index (χ1v) is 7.02. The van der Waals surface area contributed by atoms with Crippen LogP contribution < -0.4 is 5.32 Å². The Balaban J connectivity index is 0.00000176. The van der Waals surface area contributed by atoms with Gasteiger partial charge in [-0.1, -0.05) is 0 Å². The fourth-order valence-electron chi connectivity index (χ4n) is 2.26. The number of aliphatic imine (C=N–C) groups is 1. The lowest BCUT2D eigenvalue weighted by Crippen LogP contribution is -2.36. The molecule has 0 unspecified atom stereocenters. The van der Waals surface area contributed by atoms with Gasteiger partial charge in [0.25, 0.3) is 0 Å². The molecule has 1 N–H and O–H groups in total. The Morgan fingerprint density at radius 1 is 1.23 bits per heavy atom. The van der Waals surface area contributed by atoms with Crippen LogP contribution in [0.2, 0.25) is 0 Å². The van der Waals surface area contributed by atoms with Crippen LogP contribution in [0.25, 0.3) is 5.69 Å². The second kappa shape index (κ2) is 7.57. The average molecular weight is 415 g/mol. The molecule has 1 aliphatic rings. The van der Waals surface area contributed by atoms with E-state index in [1.165, 1.54) is 12.1 Å². The zero-order valence-corrected chi connectivity index (χ0v) is 14.7. The van der Waals surface area contributed by atoms with Gasteiger partial charge < -0.3 is 10.2 Å². The third-order valence-corrected chi connectivity index (χ3v) is 3.46. The monoisotopic (exact) mass is 415 g/mol. The maximum Gasteiger partial charge on any atom is 0.193 e. The molecule has 0 atom stereocenters. The van der Waals surface area contributed by atoms with Crippen LogP contribution in [0.3, 0.4) is 0 Å². The van der Waals surface area contributed by atoms with E-state index in [4.69, 9.17) is 0 Å². The highest BCUT2D eigenvalue weighted by atomic mass is 127.